The van der Waals surface area contributed by atoms with Crippen LogP contribution in [-0.4, -0.2) is 46.9 Å². The number of carbonyl (C=O) groups is 4. The Morgan fingerprint density at radius 2 is 2.00 bits per heavy atom. The van der Waals surface area contributed by atoms with Crippen molar-refractivity contribution >= 4 is 29.5 Å². The van der Waals surface area contributed by atoms with Crippen LogP contribution in [0.3, 0.4) is 0 Å². The van der Waals surface area contributed by atoms with Gasteiger partial charge in [0.15, 0.2) is 6.10 Å². The molecule has 8 nitrogen and oxygen atoms in total. The molecule has 1 saturated heterocycles. The number of hydrogen-bond donors (Lipinski definition) is 2. The summed E-state index contributed by atoms with van der Waals surface area (Å²) >= 11 is 0. The number of amides is 4. The lowest BCUT2D eigenvalue weighted by Crippen LogP contribution is -2.44. The first kappa shape index (κ1) is 19.8. The average Bonchev–Trinajstić information content (AvgIpc) is 3.19. The number of hydrogen-bond acceptors (Lipinski definition) is 5. The van der Waals surface area contributed by atoms with Crippen LogP contribution in [0.25, 0.3) is 0 Å². The molecule has 1 saturated carbocycles. The molecule has 3 rings (SSSR count). The molecule has 0 radical (unpaired) electrons. The number of imide groups is 1. The highest BCUT2D eigenvalue weighted by Crippen LogP contribution is 2.34. The second-order valence-corrected chi connectivity index (χ2v) is 7.20. The Bertz CT molecular complexity index is 835. The summed E-state index contributed by atoms with van der Waals surface area (Å²) in [6.07, 6.45) is 1.59. The molecular formula is C19H22FN3O5. The number of rotatable bonds is 5. The van der Waals surface area contributed by atoms with E-state index in [1.807, 2.05) is 0 Å². The smallest absolute Gasteiger partial charge is 0.327 e. The van der Waals surface area contributed by atoms with Crippen LogP contribution in [0.1, 0.15) is 38.2 Å². The van der Waals surface area contributed by atoms with Gasteiger partial charge in [-0.15, -0.1) is 0 Å². The number of benzene rings is 1. The third-order valence-corrected chi connectivity index (χ3v) is 5.11. The second-order valence-electron chi connectivity index (χ2n) is 7.20. The van der Waals surface area contributed by atoms with Gasteiger partial charge >= 0.3 is 12.0 Å². The Labute approximate surface area is 161 Å². The van der Waals surface area contributed by atoms with Gasteiger partial charge in [-0.05, 0) is 44.4 Å². The summed E-state index contributed by atoms with van der Waals surface area (Å²) in [4.78, 5) is 49.7. The number of nitrogens with zero attached hydrogens (tertiary/aromatic N) is 1. The van der Waals surface area contributed by atoms with Crippen molar-refractivity contribution in [3.63, 3.8) is 0 Å². The molecule has 9 heteroatoms. The van der Waals surface area contributed by atoms with Gasteiger partial charge in [-0.2, -0.15) is 0 Å². The molecule has 0 bridgehead atoms. The Morgan fingerprint density at radius 1 is 1.32 bits per heavy atom. The van der Waals surface area contributed by atoms with E-state index in [1.54, 1.807) is 6.92 Å². The second kappa shape index (κ2) is 7.57. The SMILES string of the molecule is Cc1ccc(NC(=O)[C@@H](C)OC(=O)CN2C(=O)NC3(CCCC3)C2=O)cc1F. The third kappa shape index (κ3) is 3.83. The Morgan fingerprint density at radius 3 is 2.64 bits per heavy atom. The lowest BCUT2D eigenvalue weighted by atomic mass is 9.98. The van der Waals surface area contributed by atoms with Gasteiger partial charge in [0.2, 0.25) is 0 Å². The fraction of sp³-hybridized carbons (Fsp3) is 0.474. The molecule has 1 spiro atoms. The first-order valence-corrected chi connectivity index (χ1v) is 9.12. The van der Waals surface area contributed by atoms with Crippen LogP contribution in [0.2, 0.25) is 0 Å². The maximum atomic E-state index is 13.6. The summed E-state index contributed by atoms with van der Waals surface area (Å²) < 4.78 is 18.6. The van der Waals surface area contributed by atoms with Crippen LogP contribution in [0.15, 0.2) is 18.2 Å². The van der Waals surface area contributed by atoms with E-state index in [0.29, 0.717) is 18.4 Å². The number of nitrogens with one attached hydrogen (secondary N) is 2. The van der Waals surface area contributed by atoms with E-state index < -0.39 is 47.8 Å². The molecule has 150 valence electrons. The molecule has 0 aromatic heterocycles. The van der Waals surface area contributed by atoms with Gasteiger partial charge in [-0.25, -0.2) is 9.18 Å². The van der Waals surface area contributed by atoms with Crippen molar-refractivity contribution in [3.8, 4) is 0 Å². The van der Waals surface area contributed by atoms with Crippen LogP contribution in [-0.2, 0) is 19.1 Å². The summed E-state index contributed by atoms with van der Waals surface area (Å²) in [5, 5.41) is 5.12. The topological polar surface area (TPSA) is 105 Å². The number of ether oxygens (including phenoxy) is 1. The largest absolute Gasteiger partial charge is 0.451 e. The zero-order valence-corrected chi connectivity index (χ0v) is 15.7. The van der Waals surface area contributed by atoms with Gasteiger partial charge < -0.3 is 15.4 Å². The molecule has 28 heavy (non-hydrogen) atoms. The molecule has 1 atom stereocenters. The Hall–Kier alpha value is -2.97. The van der Waals surface area contributed by atoms with Crippen molar-refractivity contribution in [3.05, 3.63) is 29.6 Å². The van der Waals surface area contributed by atoms with Crippen LogP contribution in [0.4, 0.5) is 14.9 Å². The van der Waals surface area contributed by atoms with Crippen molar-refractivity contribution in [2.24, 2.45) is 0 Å². The van der Waals surface area contributed by atoms with Crippen molar-refractivity contribution in [2.45, 2.75) is 51.2 Å². The minimum Gasteiger partial charge on any atom is -0.451 e. The van der Waals surface area contributed by atoms with Crippen molar-refractivity contribution in [1.82, 2.24) is 10.2 Å². The number of anilines is 1. The predicted octanol–water partition coefficient (Wildman–Crippen LogP) is 1.87. The minimum atomic E-state index is -1.18. The van der Waals surface area contributed by atoms with Crippen molar-refractivity contribution in [1.29, 1.82) is 0 Å². The highest BCUT2D eigenvalue weighted by molar-refractivity contribution is 6.09. The van der Waals surface area contributed by atoms with Gasteiger partial charge in [0, 0.05) is 5.69 Å². The molecule has 2 aliphatic rings. The van der Waals surface area contributed by atoms with Crippen molar-refractivity contribution in [2.75, 3.05) is 11.9 Å². The van der Waals surface area contributed by atoms with Crippen molar-refractivity contribution < 1.29 is 28.3 Å². The molecule has 2 N–H and O–H groups in total. The fourth-order valence-electron chi connectivity index (χ4n) is 3.47. The lowest BCUT2D eigenvalue weighted by molar-refractivity contribution is -0.155. The quantitative estimate of drug-likeness (QED) is 0.589. The maximum absolute atomic E-state index is 13.6. The van der Waals surface area contributed by atoms with Gasteiger partial charge in [0.1, 0.15) is 17.9 Å². The molecule has 0 unspecified atom stereocenters. The first-order valence-electron chi connectivity index (χ1n) is 9.12. The third-order valence-electron chi connectivity index (χ3n) is 5.11. The minimum absolute atomic E-state index is 0.230. The van der Waals surface area contributed by atoms with Gasteiger partial charge in [-0.3, -0.25) is 19.3 Å². The number of aryl methyl sites for hydroxylation is 1. The fourth-order valence-corrected chi connectivity index (χ4v) is 3.47. The maximum Gasteiger partial charge on any atom is 0.327 e. The summed E-state index contributed by atoms with van der Waals surface area (Å²) in [7, 11) is 0. The molecular weight excluding hydrogens is 369 g/mol. The van der Waals surface area contributed by atoms with Crippen LogP contribution < -0.4 is 10.6 Å². The standard InChI is InChI=1S/C19H22FN3O5/c1-11-5-6-13(9-14(11)20)21-16(25)12(2)28-15(24)10-23-17(26)19(22-18(23)27)7-3-4-8-19/h5-6,9,12H,3-4,7-8,10H2,1-2H3,(H,21,25)(H,22,27)/t12-/m1/s1. The normalized spacial score (nSPS) is 18.9. The van der Waals surface area contributed by atoms with E-state index >= 15 is 0 Å². The van der Waals surface area contributed by atoms with Crippen LogP contribution >= 0.6 is 0 Å². The number of esters is 1. The summed E-state index contributed by atoms with van der Waals surface area (Å²) in [6, 6.07) is 3.57. The van der Waals surface area contributed by atoms with E-state index in [-0.39, 0.29) is 5.69 Å². The molecule has 1 aromatic rings. The summed E-state index contributed by atoms with van der Waals surface area (Å²) in [5.41, 5.74) is -0.241. The molecule has 4 amide bonds. The van der Waals surface area contributed by atoms with E-state index in [2.05, 4.69) is 10.6 Å². The monoisotopic (exact) mass is 391 g/mol. The highest BCUT2D eigenvalue weighted by atomic mass is 19.1. The number of carbonyl (C=O) groups excluding carboxylic acids is 4. The van der Waals surface area contributed by atoms with E-state index in [0.717, 1.165) is 23.8 Å². The molecule has 1 aliphatic heterocycles. The summed E-state index contributed by atoms with van der Waals surface area (Å²) in [5.74, 6) is -2.43. The first-order chi connectivity index (χ1) is 13.2. The van der Waals surface area contributed by atoms with E-state index in [9.17, 15) is 23.6 Å². The van der Waals surface area contributed by atoms with Gasteiger partial charge in [0.05, 0.1) is 0 Å². The predicted molar refractivity (Wildman–Crippen MR) is 96.8 cm³/mol. The van der Waals surface area contributed by atoms with Gasteiger partial charge in [0.25, 0.3) is 11.8 Å². The average molecular weight is 391 g/mol. The number of halogens is 1. The zero-order chi connectivity index (χ0) is 20.5. The molecule has 1 aliphatic carbocycles. The summed E-state index contributed by atoms with van der Waals surface area (Å²) in [6.45, 7) is 2.38. The van der Waals surface area contributed by atoms with Gasteiger partial charge in [-0.1, -0.05) is 18.9 Å². The molecule has 1 heterocycles. The molecule has 2 fully saturated rings. The zero-order valence-electron chi connectivity index (χ0n) is 15.7. The molecule has 1 aromatic carbocycles. The highest BCUT2D eigenvalue weighted by Gasteiger charge is 2.52. The van der Waals surface area contributed by atoms with E-state index in [1.165, 1.54) is 19.1 Å². The lowest BCUT2D eigenvalue weighted by Gasteiger charge is -2.20. The Kier molecular flexibility index (Phi) is 5.35. The number of urea groups is 1. The van der Waals surface area contributed by atoms with E-state index in [4.69, 9.17) is 4.74 Å². The Balaban J connectivity index is 1.55. The van der Waals surface area contributed by atoms with Crippen LogP contribution in [0, 0.1) is 12.7 Å². The van der Waals surface area contributed by atoms with Crippen LogP contribution in [0.5, 0.6) is 0 Å².